The summed E-state index contributed by atoms with van der Waals surface area (Å²) < 4.78 is 51.9. The summed E-state index contributed by atoms with van der Waals surface area (Å²) in [6, 6.07) is 6.16. The van der Waals surface area contributed by atoms with Crippen molar-refractivity contribution in [1.82, 2.24) is 0 Å². The first-order valence-corrected chi connectivity index (χ1v) is 15.9. The molecular formula is C34H48F4O8. The number of rotatable bonds is 22. The van der Waals surface area contributed by atoms with E-state index in [0.29, 0.717) is 38.5 Å². The van der Waals surface area contributed by atoms with Gasteiger partial charge in [-0.25, -0.2) is 17.6 Å². The Kier molecular flexibility index (Phi) is 20.7. The van der Waals surface area contributed by atoms with Crippen LogP contribution in [0, 0.1) is 23.3 Å². The SMILES string of the molecule is O=C(O)CCCCCCCC[C@@H](O)[C@H](O)c1ccc(F)c(F)c1.O=C(O)CCCCCCCC[C@H](O)[C@@H](O)c1ccc(F)c(F)c1. The van der Waals surface area contributed by atoms with Gasteiger partial charge in [-0.3, -0.25) is 9.59 Å². The summed E-state index contributed by atoms with van der Waals surface area (Å²) in [5, 5.41) is 56.7. The topological polar surface area (TPSA) is 156 Å². The number of aliphatic hydroxyl groups is 4. The highest BCUT2D eigenvalue weighted by molar-refractivity contribution is 5.66. The van der Waals surface area contributed by atoms with E-state index >= 15 is 0 Å². The van der Waals surface area contributed by atoms with Crippen molar-refractivity contribution in [2.75, 3.05) is 0 Å². The van der Waals surface area contributed by atoms with E-state index in [0.717, 1.165) is 75.6 Å². The number of carboxylic acid groups (broad SMARTS) is 2. The second-order valence-corrected chi connectivity index (χ2v) is 11.5. The van der Waals surface area contributed by atoms with Gasteiger partial charge in [-0.2, -0.15) is 0 Å². The quantitative estimate of drug-likeness (QED) is 0.0576. The first-order chi connectivity index (χ1) is 21.8. The molecule has 0 saturated carbocycles. The van der Waals surface area contributed by atoms with Crippen molar-refractivity contribution in [3.63, 3.8) is 0 Å². The second kappa shape index (κ2) is 23.3. The third-order valence-electron chi connectivity index (χ3n) is 7.58. The molecule has 6 N–H and O–H groups in total. The lowest BCUT2D eigenvalue weighted by Gasteiger charge is -2.18. The fraction of sp³-hybridized carbons (Fsp3) is 0.588. The predicted molar refractivity (Wildman–Crippen MR) is 164 cm³/mol. The maximum Gasteiger partial charge on any atom is 0.303 e. The molecular weight excluding hydrogens is 612 g/mol. The molecule has 0 amide bonds. The fourth-order valence-corrected chi connectivity index (χ4v) is 4.83. The van der Waals surface area contributed by atoms with Gasteiger partial charge in [0, 0.05) is 12.8 Å². The van der Waals surface area contributed by atoms with Crippen molar-refractivity contribution >= 4 is 11.9 Å². The van der Waals surface area contributed by atoms with Crippen LogP contribution in [0.15, 0.2) is 36.4 Å². The zero-order chi connectivity index (χ0) is 34.5. The zero-order valence-electron chi connectivity index (χ0n) is 26.1. The second-order valence-electron chi connectivity index (χ2n) is 11.5. The van der Waals surface area contributed by atoms with Gasteiger partial charge >= 0.3 is 11.9 Å². The summed E-state index contributed by atoms with van der Waals surface area (Å²) in [5.74, 6) is -5.62. The first kappa shape index (κ1) is 41.0. The molecule has 0 radical (unpaired) electrons. The summed E-state index contributed by atoms with van der Waals surface area (Å²) in [4.78, 5) is 20.7. The molecule has 46 heavy (non-hydrogen) atoms. The van der Waals surface area contributed by atoms with Gasteiger partial charge in [0.2, 0.25) is 0 Å². The van der Waals surface area contributed by atoms with E-state index in [2.05, 4.69) is 0 Å². The molecule has 2 aromatic rings. The molecule has 2 aromatic carbocycles. The van der Waals surface area contributed by atoms with Gasteiger partial charge in [0.1, 0.15) is 12.2 Å². The number of aliphatic carboxylic acids is 2. The van der Waals surface area contributed by atoms with E-state index in [9.17, 15) is 47.6 Å². The number of hydrogen-bond acceptors (Lipinski definition) is 6. The lowest BCUT2D eigenvalue weighted by Crippen LogP contribution is -2.18. The number of benzene rings is 2. The Labute approximate surface area is 267 Å². The number of aliphatic hydroxyl groups excluding tert-OH is 4. The summed E-state index contributed by atoms with van der Waals surface area (Å²) in [6.45, 7) is 0. The van der Waals surface area contributed by atoms with Crippen LogP contribution in [0.2, 0.25) is 0 Å². The maximum atomic E-state index is 13.1. The normalized spacial score (nSPS) is 13.7. The minimum absolute atomic E-state index is 0.157. The van der Waals surface area contributed by atoms with E-state index in [-0.39, 0.29) is 24.0 Å². The van der Waals surface area contributed by atoms with Gasteiger partial charge in [-0.15, -0.1) is 0 Å². The van der Waals surface area contributed by atoms with Crippen LogP contribution in [-0.4, -0.2) is 54.8 Å². The third-order valence-corrected chi connectivity index (χ3v) is 7.58. The fourth-order valence-electron chi connectivity index (χ4n) is 4.83. The molecule has 260 valence electrons. The van der Waals surface area contributed by atoms with Gasteiger partial charge in [-0.1, -0.05) is 76.3 Å². The largest absolute Gasteiger partial charge is 0.481 e. The lowest BCUT2D eigenvalue weighted by molar-refractivity contribution is -0.138. The molecule has 0 aromatic heterocycles. The van der Waals surface area contributed by atoms with Gasteiger partial charge < -0.3 is 30.6 Å². The minimum atomic E-state index is -1.24. The van der Waals surface area contributed by atoms with Crippen molar-refractivity contribution in [3.05, 3.63) is 70.8 Å². The molecule has 0 bridgehead atoms. The van der Waals surface area contributed by atoms with Crippen LogP contribution in [0.25, 0.3) is 0 Å². The van der Waals surface area contributed by atoms with E-state index in [1.165, 1.54) is 12.1 Å². The van der Waals surface area contributed by atoms with Crippen LogP contribution >= 0.6 is 0 Å². The average molecular weight is 661 g/mol. The van der Waals surface area contributed by atoms with Crippen LogP contribution in [0.5, 0.6) is 0 Å². The van der Waals surface area contributed by atoms with Crippen molar-refractivity contribution in [2.24, 2.45) is 0 Å². The Morgan fingerprint density at radius 1 is 0.478 bits per heavy atom. The van der Waals surface area contributed by atoms with Crippen molar-refractivity contribution in [1.29, 1.82) is 0 Å². The van der Waals surface area contributed by atoms with E-state index in [1.54, 1.807) is 0 Å². The molecule has 0 aliphatic heterocycles. The highest BCUT2D eigenvalue weighted by Crippen LogP contribution is 2.24. The van der Waals surface area contributed by atoms with Crippen LogP contribution in [-0.2, 0) is 9.59 Å². The summed E-state index contributed by atoms with van der Waals surface area (Å²) >= 11 is 0. The number of halogens is 4. The average Bonchev–Trinajstić information content (AvgIpc) is 3.01. The molecule has 8 nitrogen and oxygen atoms in total. The van der Waals surface area contributed by atoms with Crippen molar-refractivity contribution in [3.8, 4) is 0 Å². The van der Waals surface area contributed by atoms with Crippen LogP contribution in [0.1, 0.15) is 126 Å². The summed E-state index contributed by atoms with van der Waals surface area (Å²) in [6.07, 6.45) is 6.61. The zero-order valence-corrected chi connectivity index (χ0v) is 26.1. The van der Waals surface area contributed by atoms with Gasteiger partial charge in [0.05, 0.1) is 12.2 Å². The molecule has 0 aliphatic carbocycles. The molecule has 0 heterocycles. The smallest absolute Gasteiger partial charge is 0.303 e. The first-order valence-electron chi connectivity index (χ1n) is 15.9. The van der Waals surface area contributed by atoms with Crippen LogP contribution in [0.3, 0.4) is 0 Å². The Bertz CT molecular complexity index is 1080. The Morgan fingerprint density at radius 3 is 1.09 bits per heavy atom. The van der Waals surface area contributed by atoms with Gasteiger partial charge in [0.15, 0.2) is 23.3 Å². The van der Waals surface area contributed by atoms with Crippen LogP contribution in [0.4, 0.5) is 17.6 Å². The van der Waals surface area contributed by atoms with Crippen molar-refractivity contribution in [2.45, 2.75) is 127 Å². The highest BCUT2D eigenvalue weighted by Gasteiger charge is 2.20. The summed E-state index contributed by atoms with van der Waals surface area (Å²) in [5.41, 5.74) is 0.315. The van der Waals surface area contributed by atoms with Gasteiger partial charge in [-0.05, 0) is 61.1 Å². The summed E-state index contributed by atoms with van der Waals surface area (Å²) in [7, 11) is 0. The molecule has 0 spiro atoms. The molecule has 4 atom stereocenters. The minimum Gasteiger partial charge on any atom is -0.481 e. The number of carboxylic acids is 2. The Balaban J connectivity index is 0.000000460. The third kappa shape index (κ3) is 17.6. The highest BCUT2D eigenvalue weighted by atomic mass is 19.2. The molecule has 12 heteroatoms. The van der Waals surface area contributed by atoms with E-state index in [4.69, 9.17) is 10.2 Å². The van der Waals surface area contributed by atoms with E-state index in [1.807, 2.05) is 0 Å². The molecule has 0 saturated heterocycles. The predicted octanol–water partition coefficient (Wildman–Crippen LogP) is 7.13. The molecule has 0 fully saturated rings. The standard InChI is InChI=1S/2C17H24F2O4/c2*18-13-10-9-12(11-14(13)19)17(23)15(20)7-5-3-1-2-4-6-8-16(21)22/h2*9-11,15,17,20,23H,1-8H2,(H,21,22)/t2*15-,17-/m10/s1. The number of hydrogen-bond donors (Lipinski definition) is 6. The van der Waals surface area contributed by atoms with Crippen LogP contribution < -0.4 is 0 Å². The van der Waals surface area contributed by atoms with Crippen molar-refractivity contribution < 1.29 is 57.8 Å². The Morgan fingerprint density at radius 2 is 0.783 bits per heavy atom. The molecule has 0 aliphatic rings. The maximum absolute atomic E-state index is 13.1. The number of carbonyl (C=O) groups is 2. The van der Waals surface area contributed by atoms with E-state index < -0.39 is 59.6 Å². The Hall–Kier alpha value is -3.06. The van der Waals surface area contributed by atoms with Gasteiger partial charge in [0.25, 0.3) is 0 Å². The lowest BCUT2D eigenvalue weighted by atomic mass is 9.99. The molecule has 2 rings (SSSR count). The number of unbranched alkanes of at least 4 members (excludes halogenated alkanes) is 10. The molecule has 0 unspecified atom stereocenters. The monoisotopic (exact) mass is 660 g/mol.